The fourth-order valence-corrected chi connectivity index (χ4v) is 5.76. The Morgan fingerprint density at radius 3 is 2.70 bits per heavy atom. The summed E-state index contributed by atoms with van der Waals surface area (Å²) >= 11 is 1.45. The van der Waals surface area contributed by atoms with Crippen molar-refractivity contribution < 1.29 is 17.9 Å². The summed E-state index contributed by atoms with van der Waals surface area (Å²) in [7, 11) is -2.06. The molecule has 0 saturated carbocycles. The second-order valence-corrected chi connectivity index (χ2v) is 10.6. The van der Waals surface area contributed by atoms with Crippen LogP contribution in [0.3, 0.4) is 0 Å². The zero-order valence-corrected chi connectivity index (χ0v) is 20.4. The van der Waals surface area contributed by atoms with Crippen molar-refractivity contribution in [2.24, 2.45) is 5.73 Å². The van der Waals surface area contributed by atoms with Crippen LogP contribution in [0.25, 0.3) is 10.8 Å². The average Bonchev–Trinajstić information content (AvgIpc) is 3.39. The van der Waals surface area contributed by atoms with E-state index in [4.69, 9.17) is 15.9 Å². The van der Waals surface area contributed by atoms with Crippen LogP contribution in [-0.2, 0) is 21.2 Å². The van der Waals surface area contributed by atoms with Gasteiger partial charge in [0.2, 0.25) is 5.91 Å². The topological polar surface area (TPSA) is 126 Å². The van der Waals surface area contributed by atoms with Gasteiger partial charge in [-0.05, 0) is 47.5 Å². The summed E-state index contributed by atoms with van der Waals surface area (Å²) in [6.07, 6.45) is 0.536. The summed E-state index contributed by atoms with van der Waals surface area (Å²) in [6, 6.07) is 11.7. The monoisotopic (exact) mass is 508 g/mol. The Labute approximate surface area is 202 Å². The van der Waals surface area contributed by atoms with Gasteiger partial charge in [-0.25, -0.2) is 8.42 Å². The van der Waals surface area contributed by atoms with Crippen molar-refractivity contribution in [3.8, 4) is 5.75 Å². The van der Waals surface area contributed by atoms with Crippen LogP contribution in [0.1, 0.15) is 16.9 Å². The highest BCUT2D eigenvalue weighted by molar-refractivity contribution is 7.91. The van der Waals surface area contributed by atoms with Gasteiger partial charge in [0, 0.05) is 22.4 Å². The van der Waals surface area contributed by atoms with Gasteiger partial charge < -0.3 is 15.4 Å². The number of hydrogen-bond donors (Lipinski definition) is 3. The number of benzene rings is 2. The van der Waals surface area contributed by atoms with E-state index in [2.05, 4.69) is 5.32 Å². The molecule has 4 N–H and O–H groups in total. The first-order valence-corrected chi connectivity index (χ1v) is 12.5. The molecule has 1 aliphatic heterocycles. The molecular weight excluding hydrogens is 484 g/mol. The fraction of sp³-hybridized carbons (Fsp3) is 0.273. The summed E-state index contributed by atoms with van der Waals surface area (Å²) < 4.78 is 31.0. The Morgan fingerprint density at radius 2 is 2.00 bits per heavy atom. The van der Waals surface area contributed by atoms with Crippen molar-refractivity contribution in [3.05, 3.63) is 58.3 Å². The molecule has 1 aliphatic rings. The molecule has 4 rings (SSSR count). The number of nitrogens with one attached hydrogen (secondary N) is 2. The first-order chi connectivity index (χ1) is 15.3. The minimum absolute atomic E-state index is 0. The van der Waals surface area contributed by atoms with E-state index in [1.807, 2.05) is 12.1 Å². The van der Waals surface area contributed by atoms with Gasteiger partial charge in [-0.2, -0.15) is 0 Å². The summed E-state index contributed by atoms with van der Waals surface area (Å²) in [6.45, 7) is 0.966. The molecule has 0 bridgehead atoms. The molecule has 0 spiro atoms. The van der Waals surface area contributed by atoms with Crippen LogP contribution < -0.4 is 15.8 Å². The Morgan fingerprint density at radius 1 is 1.24 bits per heavy atom. The number of methoxy groups -OCH3 is 1. The quantitative estimate of drug-likeness (QED) is 0.317. The van der Waals surface area contributed by atoms with Gasteiger partial charge in [-0.3, -0.25) is 15.5 Å². The maximum Gasteiger partial charge on any atom is 0.240 e. The zero-order chi connectivity index (χ0) is 22.9. The third-order valence-corrected chi connectivity index (χ3v) is 7.95. The number of nitrogens with zero attached hydrogens (tertiary/aromatic N) is 1. The molecule has 11 heteroatoms. The van der Waals surface area contributed by atoms with Crippen molar-refractivity contribution in [1.82, 2.24) is 10.2 Å². The molecule has 0 aliphatic carbocycles. The Hall–Kier alpha value is -2.66. The minimum atomic E-state index is -3.62. The lowest BCUT2D eigenvalue weighted by atomic mass is 10.1. The molecule has 2 heterocycles. The lowest BCUT2D eigenvalue weighted by Gasteiger charge is -2.16. The van der Waals surface area contributed by atoms with Crippen LogP contribution >= 0.6 is 23.7 Å². The summed E-state index contributed by atoms with van der Waals surface area (Å²) in [5.74, 6) is 0.210. The van der Waals surface area contributed by atoms with E-state index in [0.29, 0.717) is 30.8 Å². The number of carbonyl (C=O) groups excluding carboxylic acids is 1. The van der Waals surface area contributed by atoms with Crippen LogP contribution in [0.15, 0.2) is 52.7 Å². The number of amidine groups is 1. The van der Waals surface area contributed by atoms with Crippen molar-refractivity contribution in [3.63, 3.8) is 0 Å². The van der Waals surface area contributed by atoms with E-state index in [1.54, 1.807) is 47.7 Å². The molecule has 1 saturated heterocycles. The lowest BCUT2D eigenvalue weighted by Crippen LogP contribution is -2.40. The van der Waals surface area contributed by atoms with E-state index in [-0.39, 0.29) is 34.9 Å². The maximum atomic E-state index is 12.9. The minimum Gasteiger partial charge on any atom is -0.497 e. The van der Waals surface area contributed by atoms with Crippen LogP contribution in [0.4, 0.5) is 0 Å². The number of thiophene rings is 1. The first kappa shape index (κ1) is 25.0. The number of amides is 1. The number of fused-ring (bicyclic) bond motifs is 1. The summed E-state index contributed by atoms with van der Waals surface area (Å²) in [5.41, 5.74) is 6.14. The summed E-state index contributed by atoms with van der Waals surface area (Å²) in [5, 5.41) is 13.9. The Bertz CT molecular complexity index is 1290. The molecule has 1 fully saturated rings. The van der Waals surface area contributed by atoms with Crippen LogP contribution in [0, 0.1) is 5.41 Å². The number of likely N-dealkylation sites (tertiary alicyclic amines) is 1. The molecule has 33 heavy (non-hydrogen) atoms. The smallest absolute Gasteiger partial charge is 0.240 e. The molecule has 0 radical (unpaired) electrons. The highest BCUT2D eigenvalue weighted by Gasteiger charge is 2.32. The number of nitrogens with two attached hydrogens (primary N) is 1. The molecule has 1 aromatic heterocycles. The third kappa shape index (κ3) is 5.47. The van der Waals surface area contributed by atoms with Crippen molar-refractivity contribution >= 4 is 56.1 Å². The number of rotatable bonds is 8. The Kier molecular flexibility index (Phi) is 7.63. The van der Waals surface area contributed by atoms with E-state index < -0.39 is 15.9 Å². The largest absolute Gasteiger partial charge is 0.497 e. The number of ether oxygens (including phenoxy) is 1. The standard InChI is InChI=1S/C22H24N4O4S2.ClH/c1-30-17-4-2-14-3-5-19(10-15(14)8-17)32(28,29)13-25-20-6-7-26(22(20)27)11-18-9-16(12-31-18)21(23)24;/h2-5,8-10,12,20,25H,6-7,11,13H2,1H3,(H3,23,24);1H/t20-;/m0./s1. The van der Waals surface area contributed by atoms with Gasteiger partial charge in [0.1, 0.15) is 17.5 Å². The SMILES string of the molecule is COc1ccc2ccc(S(=O)(=O)CN[C@H]3CCN(Cc4cc(C(=N)N)cs4)C3=O)cc2c1.Cl. The van der Waals surface area contributed by atoms with Crippen LogP contribution in [-0.4, -0.2) is 50.6 Å². The number of hydrogen-bond acceptors (Lipinski definition) is 7. The maximum absolute atomic E-state index is 12.9. The van der Waals surface area contributed by atoms with E-state index in [0.717, 1.165) is 15.6 Å². The number of sulfone groups is 1. The molecular formula is C22H25ClN4O4S2. The lowest BCUT2D eigenvalue weighted by molar-refractivity contribution is -0.129. The van der Waals surface area contributed by atoms with Gasteiger partial charge in [0.15, 0.2) is 9.84 Å². The number of carbonyl (C=O) groups is 1. The summed E-state index contributed by atoms with van der Waals surface area (Å²) in [4.78, 5) is 15.6. The van der Waals surface area contributed by atoms with Gasteiger partial charge >= 0.3 is 0 Å². The van der Waals surface area contributed by atoms with E-state index >= 15 is 0 Å². The van der Waals surface area contributed by atoms with Crippen molar-refractivity contribution in [2.75, 3.05) is 19.5 Å². The van der Waals surface area contributed by atoms with Crippen LogP contribution in [0.5, 0.6) is 5.75 Å². The molecule has 2 aromatic carbocycles. The van der Waals surface area contributed by atoms with E-state index in [9.17, 15) is 13.2 Å². The molecule has 1 amide bonds. The Balaban J connectivity index is 0.00000306. The first-order valence-electron chi connectivity index (χ1n) is 10.0. The van der Waals surface area contributed by atoms with Gasteiger partial charge in [0.25, 0.3) is 0 Å². The molecule has 8 nitrogen and oxygen atoms in total. The van der Waals surface area contributed by atoms with Gasteiger partial charge in [-0.15, -0.1) is 23.7 Å². The molecule has 176 valence electrons. The second-order valence-electron chi connectivity index (χ2n) is 7.65. The zero-order valence-electron chi connectivity index (χ0n) is 17.9. The van der Waals surface area contributed by atoms with Crippen molar-refractivity contribution in [2.45, 2.75) is 23.9 Å². The molecule has 1 atom stereocenters. The van der Waals surface area contributed by atoms with E-state index in [1.165, 1.54) is 11.3 Å². The van der Waals surface area contributed by atoms with Crippen LogP contribution in [0.2, 0.25) is 0 Å². The highest BCUT2D eigenvalue weighted by atomic mass is 35.5. The van der Waals surface area contributed by atoms with Gasteiger partial charge in [0.05, 0.1) is 24.6 Å². The number of halogens is 1. The third-order valence-electron chi connectivity index (χ3n) is 5.51. The van der Waals surface area contributed by atoms with Gasteiger partial charge in [-0.1, -0.05) is 12.1 Å². The molecule has 0 unspecified atom stereocenters. The second kappa shape index (κ2) is 10.1. The average molecular weight is 509 g/mol. The number of nitrogen functional groups attached to an aromatic ring is 1. The predicted molar refractivity (Wildman–Crippen MR) is 132 cm³/mol. The highest BCUT2D eigenvalue weighted by Crippen LogP contribution is 2.25. The fourth-order valence-electron chi connectivity index (χ4n) is 3.70. The molecule has 3 aromatic rings. The predicted octanol–water partition coefficient (Wildman–Crippen LogP) is 2.74. The van der Waals surface area contributed by atoms with Crippen molar-refractivity contribution in [1.29, 1.82) is 5.41 Å². The normalized spacial score (nSPS) is 16.1.